The van der Waals surface area contributed by atoms with E-state index in [-0.39, 0.29) is 5.56 Å². The molecule has 0 unspecified atom stereocenters. The maximum absolute atomic E-state index is 13.6. The van der Waals surface area contributed by atoms with Crippen LogP contribution in [0.1, 0.15) is 31.4 Å². The first kappa shape index (κ1) is 19.3. The van der Waals surface area contributed by atoms with Crippen molar-refractivity contribution in [2.75, 3.05) is 6.61 Å². The van der Waals surface area contributed by atoms with Crippen LogP contribution in [0.3, 0.4) is 0 Å². The lowest BCUT2D eigenvalue weighted by Gasteiger charge is -2.09. The van der Waals surface area contributed by atoms with Gasteiger partial charge in [0.05, 0.1) is 21.8 Å². The molecule has 1 heterocycles. The fourth-order valence-electron chi connectivity index (χ4n) is 2.36. The molecule has 138 valence electrons. The molecule has 2 aromatic carbocycles. The number of hydrogen-bond donors (Lipinski definition) is 0. The number of hydrogen-bond acceptors (Lipinski definition) is 6. The summed E-state index contributed by atoms with van der Waals surface area (Å²) in [6.45, 7) is 1.43. The molecule has 0 bridgehead atoms. The molecule has 3 aromatic rings. The Labute approximate surface area is 164 Å². The second-order valence-corrected chi connectivity index (χ2v) is 7.70. The highest BCUT2D eigenvalue weighted by Crippen LogP contribution is 2.27. The fraction of sp³-hybridized carbons (Fsp3) is 0.150. The maximum Gasteiger partial charge on any atom is 0.339 e. The number of benzene rings is 2. The number of esters is 1. The van der Waals surface area contributed by atoms with Crippen molar-refractivity contribution in [1.29, 1.82) is 0 Å². The van der Waals surface area contributed by atoms with E-state index in [0.29, 0.717) is 11.3 Å². The lowest BCUT2D eigenvalue weighted by atomic mass is 10.1. The number of rotatable bonds is 7. The van der Waals surface area contributed by atoms with Crippen molar-refractivity contribution in [3.63, 3.8) is 0 Å². The third-order valence-electron chi connectivity index (χ3n) is 3.66. The van der Waals surface area contributed by atoms with Gasteiger partial charge in [0.25, 0.3) is 0 Å². The van der Waals surface area contributed by atoms with E-state index in [4.69, 9.17) is 4.74 Å². The summed E-state index contributed by atoms with van der Waals surface area (Å²) in [5, 5.41) is 2.97. The summed E-state index contributed by atoms with van der Waals surface area (Å²) in [6.07, 6.45) is 0. The van der Waals surface area contributed by atoms with Crippen LogP contribution in [0.15, 0.2) is 58.8 Å². The molecular weight excluding hydrogens is 385 g/mol. The minimum atomic E-state index is -0.631. The van der Waals surface area contributed by atoms with Crippen molar-refractivity contribution < 1.29 is 18.7 Å². The van der Waals surface area contributed by atoms with Gasteiger partial charge in [-0.2, -0.15) is 0 Å². The fourth-order valence-corrected chi connectivity index (χ4v) is 4.01. The zero-order chi connectivity index (χ0) is 19.2. The van der Waals surface area contributed by atoms with Gasteiger partial charge in [0.2, 0.25) is 5.78 Å². The minimum absolute atomic E-state index is 0.0909. The zero-order valence-corrected chi connectivity index (χ0v) is 16.1. The van der Waals surface area contributed by atoms with Crippen molar-refractivity contribution >= 4 is 34.9 Å². The molecule has 7 heteroatoms. The largest absolute Gasteiger partial charge is 0.454 e. The van der Waals surface area contributed by atoms with E-state index in [2.05, 4.69) is 4.98 Å². The summed E-state index contributed by atoms with van der Waals surface area (Å²) in [5.74, 6) is -1.20. The predicted octanol–water partition coefficient (Wildman–Crippen LogP) is 4.92. The van der Waals surface area contributed by atoms with E-state index in [1.165, 1.54) is 30.0 Å². The maximum atomic E-state index is 13.6. The Morgan fingerprint density at radius 1 is 1.11 bits per heavy atom. The average molecular weight is 401 g/mol. The van der Waals surface area contributed by atoms with Crippen molar-refractivity contribution in [3.8, 4) is 0 Å². The second-order valence-electron chi connectivity index (χ2n) is 5.62. The number of carbonyl (C=O) groups is 2. The molecule has 0 saturated heterocycles. The highest BCUT2D eigenvalue weighted by molar-refractivity contribution is 7.98. The van der Waals surface area contributed by atoms with Gasteiger partial charge < -0.3 is 4.74 Å². The highest BCUT2D eigenvalue weighted by Gasteiger charge is 2.17. The first-order valence-electron chi connectivity index (χ1n) is 8.12. The van der Waals surface area contributed by atoms with Crippen molar-refractivity contribution in [3.05, 3.63) is 81.6 Å². The molecule has 0 spiro atoms. The molecular formula is C20H16FNO3S2. The topological polar surface area (TPSA) is 56.3 Å². The lowest BCUT2D eigenvalue weighted by molar-refractivity contribution is 0.0470. The molecule has 0 radical (unpaired) electrons. The Bertz CT molecular complexity index is 971. The number of aryl methyl sites for hydroxylation is 1. The Hall–Kier alpha value is -2.51. The van der Waals surface area contributed by atoms with Crippen LogP contribution in [0.4, 0.5) is 4.39 Å². The number of Topliss-reactive ketones (excluding diaryl/α,β-unsaturated/α-hetero) is 1. The van der Waals surface area contributed by atoms with Crippen LogP contribution < -0.4 is 0 Å². The number of thiazole rings is 1. The summed E-state index contributed by atoms with van der Waals surface area (Å²) < 4.78 is 18.8. The van der Waals surface area contributed by atoms with E-state index in [9.17, 15) is 14.0 Å². The normalized spacial score (nSPS) is 10.6. The van der Waals surface area contributed by atoms with Gasteiger partial charge in [-0.3, -0.25) is 4.79 Å². The van der Waals surface area contributed by atoms with E-state index in [1.807, 2.05) is 24.4 Å². The van der Waals surface area contributed by atoms with Crippen LogP contribution in [0.25, 0.3) is 0 Å². The van der Waals surface area contributed by atoms with Crippen molar-refractivity contribution in [2.45, 2.75) is 17.6 Å². The third-order valence-corrected chi connectivity index (χ3v) is 5.59. The summed E-state index contributed by atoms with van der Waals surface area (Å²) in [5.41, 5.74) is 1.23. The van der Waals surface area contributed by atoms with Gasteiger partial charge in [-0.15, -0.1) is 23.1 Å². The number of ether oxygens (including phenoxy) is 1. The Balaban J connectivity index is 1.64. The van der Waals surface area contributed by atoms with Crippen LogP contribution in [0, 0.1) is 12.7 Å². The molecule has 0 aliphatic rings. The van der Waals surface area contributed by atoms with Gasteiger partial charge in [0, 0.05) is 16.0 Å². The van der Waals surface area contributed by atoms with E-state index >= 15 is 0 Å². The first-order chi connectivity index (χ1) is 13.0. The quantitative estimate of drug-likeness (QED) is 0.319. The number of nitrogens with zero attached hydrogens (tertiary/aromatic N) is 1. The third kappa shape index (κ3) is 5.02. The summed E-state index contributed by atoms with van der Waals surface area (Å²) >= 11 is 3.05. The van der Waals surface area contributed by atoms with Crippen LogP contribution in [0.5, 0.6) is 0 Å². The van der Waals surface area contributed by atoms with Gasteiger partial charge in [-0.1, -0.05) is 24.3 Å². The van der Waals surface area contributed by atoms with E-state index in [1.54, 1.807) is 29.5 Å². The van der Waals surface area contributed by atoms with Crippen LogP contribution in [-0.4, -0.2) is 23.3 Å². The van der Waals surface area contributed by atoms with Gasteiger partial charge in [-0.05, 0) is 31.2 Å². The van der Waals surface area contributed by atoms with Gasteiger partial charge >= 0.3 is 5.97 Å². The van der Waals surface area contributed by atoms with E-state index < -0.39 is 24.2 Å². The molecule has 0 fully saturated rings. The SMILES string of the molecule is Cc1nc(CSc2ccccc2C(=O)OCC(=O)c2ccccc2F)cs1. The molecule has 0 aliphatic carbocycles. The molecule has 4 nitrogen and oxygen atoms in total. The van der Waals surface area contributed by atoms with Crippen LogP contribution in [-0.2, 0) is 10.5 Å². The monoisotopic (exact) mass is 401 g/mol. The smallest absolute Gasteiger partial charge is 0.339 e. The Morgan fingerprint density at radius 3 is 2.52 bits per heavy atom. The van der Waals surface area contributed by atoms with Gasteiger partial charge in [0.15, 0.2) is 6.61 Å². The molecule has 0 amide bonds. The molecule has 1 aromatic heterocycles. The highest BCUT2D eigenvalue weighted by atomic mass is 32.2. The predicted molar refractivity (Wildman–Crippen MR) is 104 cm³/mol. The lowest BCUT2D eigenvalue weighted by Crippen LogP contribution is -2.15. The standard InChI is InChI=1S/C20H16FNO3S2/c1-13-22-14(11-26-13)12-27-19-9-5-3-7-16(19)20(24)25-10-18(23)15-6-2-4-8-17(15)21/h2-9,11H,10,12H2,1H3. The average Bonchev–Trinajstić information content (AvgIpc) is 3.10. The molecule has 0 aliphatic heterocycles. The van der Waals surface area contributed by atoms with Crippen LogP contribution in [0.2, 0.25) is 0 Å². The Morgan fingerprint density at radius 2 is 1.81 bits per heavy atom. The molecule has 3 rings (SSSR count). The summed E-state index contributed by atoms with van der Waals surface area (Å²) in [7, 11) is 0. The van der Waals surface area contributed by atoms with E-state index in [0.717, 1.165) is 15.6 Å². The second kappa shape index (κ2) is 8.92. The van der Waals surface area contributed by atoms with Crippen molar-refractivity contribution in [2.24, 2.45) is 0 Å². The van der Waals surface area contributed by atoms with Gasteiger partial charge in [0.1, 0.15) is 5.82 Å². The first-order valence-corrected chi connectivity index (χ1v) is 9.99. The number of halogens is 1. The van der Waals surface area contributed by atoms with Gasteiger partial charge in [-0.25, -0.2) is 14.2 Å². The number of carbonyl (C=O) groups excluding carboxylic acids is 2. The Kier molecular flexibility index (Phi) is 6.36. The summed E-state index contributed by atoms with van der Waals surface area (Å²) in [4.78, 5) is 29.6. The molecule has 0 atom stereocenters. The van der Waals surface area contributed by atoms with Crippen molar-refractivity contribution in [1.82, 2.24) is 4.98 Å². The summed E-state index contributed by atoms with van der Waals surface area (Å²) in [6, 6.07) is 12.6. The molecule has 27 heavy (non-hydrogen) atoms. The number of ketones is 1. The minimum Gasteiger partial charge on any atom is -0.454 e. The molecule has 0 N–H and O–H groups in total. The van der Waals surface area contributed by atoms with Crippen LogP contribution >= 0.6 is 23.1 Å². The zero-order valence-electron chi connectivity index (χ0n) is 14.5. The number of aromatic nitrogens is 1. The number of thioether (sulfide) groups is 1. The molecule has 0 saturated carbocycles.